The molecule has 1 aliphatic carbocycles. The Morgan fingerprint density at radius 3 is 2.36 bits per heavy atom. The topological polar surface area (TPSA) is 61.6 Å². The third-order valence-electron chi connectivity index (χ3n) is 4.44. The Bertz CT molecular complexity index is 889. The summed E-state index contributed by atoms with van der Waals surface area (Å²) < 4.78 is 10.8. The maximum Gasteiger partial charge on any atom is 0.254 e. The minimum absolute atomic E-state index is 0.209. The molecule has 0 aliphatic heterocycles. The van der Waals surface area contributed by atoms with Gasteiger partial charge in [-0.2, -0.15) is 0 Å². The first-order chi connectivity index (χ1) is 12.0. The number of benzene rings is 2. The van der Waals surface area contributed by atoms with Crippen molar-refractivity contribution in [1.82, 2.24) is 0 Å². The maximum absolute atomic E-state index is 11.7. The first-order valence-electron chi connectivity index (χ1n) is 7.89. The van der Waals surface area contributed by atoms with Crippen molar-refractivity contribution in [1.29, 1.82) is 0 Å². The fourth-order valence-electron chi connectivity index (χ4n) is 3.23. The minimum atomic E-state index is -0.287. The highest BCUT2D eigenvalue weighted by Crippen LogP contribution is 2.43. The van der Waals surface area contributed by atoms with E-state index >= 15 is 0 Å². The molecular formula is C19H19NO4S. The van der Waals surface area contributed by atoms with E-state index in [-0.39, 0.29) is 10.6 Å². The van der Waals surface area contributed by atoms with Gasteiger partial charge in [-0.05, 0) is 42.7 Å². The first-order valence-corrected chi connectivity index (χ1v) is 8.33. The number of thiol groups is 1. The summed E-state index contributed by atoms with van der Waals surface area (Å²) in [5.74, 6) is 1.18. The van der Waals surface area contributed by atoms with E-state index in [1.807, 2.05) is 37.3 Å². The number of hydrogen-bond donors (Lipinski definition) is 1. The largest absolute Gasteiger partial charge is 0.493 e. The van der Waals surface area contributed by atoms with Crippen molar-refractivity contribution < 1.29 is 14.4 Å². The third kappa shape index (κ3) is 3.09. The molecule has 0 atom stereocenters. The molecule has 0 bridgehead atoms. The molecule has 3 rings (SSSR count). The smallest absolute Gasteiger partial charge is 0.254 e. The van der Waals surface area contributed by atoms with E-state index in [0.29, 0.717) is 34.8 Å². The van der Waals surface area contributed by atoms with Gasteiger partial charge in [0.15, 0.2) is 11.5 Å². The van der Waals surface area contributed by atoms with Gasteiger partial charge in [0.05, 0.1) is 24.7 Å². The zero-order chi connectivity index (χ0) is 18.1. The van der Waals surface area contributed by atoms with Crippen LogP contribution in [0.2, 0.25) is 0 Å². The Kier molecular flexibility index (Phi) is 4.72. The number of allylic oxidation sites excluding steroid dienone is 1. The number of aryl methyl sites for hydroxylation is 2. The summed E-state index contributed by atoms with van der Waals surface area (Å²) in [4.78, 5) is 12.1. The Labute approximate surface area is 151 Å². The van der Waals surface area contributed by atoms with Gasteiger partial charge in [0.1, 0.15) is 0 Å². The van der Waals surface area contributed by atoms with E-state index in [1.54, 1.807) is 14.2 Å². The Morgan fingerprint density at radius 2 is 1.72 bits per heavy atom. The summed E-state index contributed by atoms with van der Waals surface area (Å²) in [6, 6.07) is 9.47. The van der Waals surface area contributed by atoms with Crippen LogP contribution in [0, 0.1) is 17.0 Å². The molecule has 2 aromatic carbocycles. The molecule has 130 valence electrons. The van der Waals surface area contributed by atoms with Crippen LogP contribution in [0.1, 0.15) is 28.7 Å². The van der Waals surface area contributed by atoms with Crippen LogP contribution < -0.4 is 9.47 Å². The molecule has 0 fully saturated rings. The summed E-state index contributed by atoms with van der Waals surface area (Å²) in [6.07, 6.45) is 0.954. The van der Waals surface area contributed by atoms with Crippen molar-refractivity contribution in [2.24, 2.45) is 0 Å². The lowest BCUT2D eigenvalue weighted by Crippen LogP contribution is -2.13. The maximum atomic E-state index is 11.7. The molecule has 0 amide bonds. The molecule has 6 heteroatoms. The van der Waals surface area contributed by atoms with Gasteiger partial charge >= 0.3 is 0 Å². The number of nitro groups is 1. The molecule has 25 heavy (non-hydrogen) atoms. The van der Waals surface area contributed by atoms with Crippen molar-refractivity contribution in [3.05, 3.63) is 68.4 Å². The summed E-state index contributed by atoms with van der Waals surface area (Å²) in [5.41, 5.74) is 4.42. The van der Waals surface area contributed by atoms with E-state index in [9.17, 15) is 10.1 Å². The second-order valence-electron chi connectivity index (χ2n) is 5.96. The number of methoxy groups -OCH3 is 2. The van der Waals surface area contributed by atoms with Crippen molar-refractivity contribution >= 4 is 18.2 Å². The van der Waals surface area contributed by atoms with Crippen LogP contribution in [0.25, 0.3) is 5.57 Å². The van der Waals surface area contributed by atoms with Crippen molar-refractivity contribution in [2.45, 2.75) is 24.7 Å². The van der Waals surface area contributed by atoms with Gasteiger partial charge in [-0.15, -0.1) is 12.6 Å². The van der Waals surface area contributed by atoms with Gasteiger partial charge in [0.2, 0.25) is 0 Å². The molecule has 0 radical (unpaired) electrons. The van der Waals surface area contributed by atoms with E-state index < -0.39 is 0 Å². The molecular weight excluding hydrogens is 338 g/mol. The Balaban J connectivity index is 2.33. The molecule has 0 saturated heterocycles. The predicted octanol–water partition coefficient (Wildman–Crippen LogP) is 4.28. The highest BCUT2D eigenvalue weighted by Gasteiger charge is 2.30. The lowest BCUT2D eigenvalue weighted by Gasteiger charge is -2.22. The normalized spacial score (nSPS) is 13.4. The lowest BCUT2D eigenvalue weighted by molar-refractivity contribution is -0.427. The number of hydrogen-bond acceptors (Lipinski definition) is 5. The standard InChI is InChI=1S/C19H19NO4S/c1-11-4-7-18(25)14(8-11)19-13-10-17(24-3)16(23-2)9-12(13)5-6-15(19)20(21)22/h4,7-10,25H,5-6H2,1-3H3. The van der Waals surface area contributed by atoms with E-state index in [0.717, 1.165) is 22.3 Å². The molecule has 0 N–H and O–H groups in total. The molecule has 0 aromatic heterocycles. The Hall–Kier alpha value is -2.47. The van der Waals surface area contributed by atoms with E-state index in [2.05, 4.69) is 12.6 Å². The van der Waals surface area contributed by atoms with Gasteiger partial charge < -0.3 is 9.47 Å². The average molecular weight is 357 g/mol. The molecule has 5 nitrogen and oxygen atoms in total. The molecule has 0 heterocycles. The van der Waals surface area contributed by atoms with E-state index in [4.69, 9.17) is 9.47 Å². The van der Waals surface area contributed by atoms with Gasteiger partial charge in [0, 0.05) is 16.9 Å². The second kappa shape index (κ2) is 6.80. The molecule has 0 spiro atoms. The van der Waals surface area contributed by atoms with Crippen LogP contribution in [-0.2, 0) is 6.42 Å². The summed E-state index contributed by atoms with van der Waals surface area (Å²) >= 11 is 4.53. The fraction of sp³-hybridized carbons (Fsp3) is 0.263. The zero-order valence-electron chi connectivity index (χ0n) is 14.3. The van der Waals surface area contributed by atoms with Crippen LogP contribution in [0.4, 0.5) is 0 Å². The molecule has 1 aliphatic rings. The van der Waals surface area contributed by atoms with Gasteiger partial charge in [-0.25, -0.2) is 0 Å². The third-order valence-corrected chi connectivity index (χ3v) is 4.83. The highest BCUT2D eigenvalue weighted by atomic mass is 32.1. The average Bonchev–Trinajstić information content (AvgIpc) is 2.61. The van der Waals surface area contributed by atoms with Crippen LogP contribution in [0.3, 0.4) is 0 Å². The molecule has 0 unspecified atom stereocenters. The van der Waals surface area contributed by atoms with Crippen LogP contribution >= 0.6 is 12.6 Å². The number of ether oxygens (including phenoxy) is 2. The number of fused-ring (bicyclic) bond motifs is 1. The highest BCUT2D eigenvalue weighted by molar-refractivity contribution is 7.80. The number of nitrogens with zero attached hydrogens (tertiary/aromatic N) is 1. The van der Waals surface area contributed by atoms with Crippen molar-refractivity contribution in [3.8, 4) is 11.5 Å². The van der Waals surface area contributed by atoms with Crippen LogP contribution in [-0.4, -0.2) is 19.1 Å². The first kappa shape index (κ1) is 17.4. The van der Waals surface area contributed by atoms with Gasteiger partial charge in [0.25, 0.3) is 5.70 Å². The molecule has 2 aromatic rings. The lowest BCUT2D eigenvalue weighted by atomic mass is 9.84. The predicted molar refractivity (Wildman–Crippen MR) is 99.3 cm³/mol. The Morgan fingerprint density at radius 1 is 1.04 bits per heavy atom. The molecule has 0 saturated carbocycles. The summed E-state index contributed by atoms with van der Waals surface area (Å²) in [5, 5.41) is 11.7. The minimum Gasteiger partial charge on any atom is -0.493 e. The quantitative estimate of drug-likeness (QED) is 0.504. The summed E-state index contributed by atoms with van der Waals surface area (Å²) in [7, 11) is 3.14. The fourth-order valence-corrected chi connectivity index (χ4v) is 3.48. The van der Waals surface area contributed by atoms with Crippen LogP contribution in [0.15, 0.2) is 40.9 Å². The van der Waals surface area contributed by atoms with Crippen molar-refractivity contribution in [2.75, 3.05) is 14.2 Å². The van der Waals surface area contributed by atoms with Crippen molar-refractivity contribution in [3.63, 3.8) is 0 Å². The van der Waals surface area contributed by atoms with E-state index in [1.165, 1.54) is 0 Å². The number of rotatable bonds is 4. The SMILES string of the molecule is COc1cc2c(cc1OC)C(c1cc(C)ccc1S)=C([N+](=O)[O-])CC2. The van der Waals surface area contributed by atoms with Gasteiger partial charge in [-0.3, -0.25) is 10.1 Å². The monoisotopic (exact) mass is 357 g/mol. The zero-order valence-corrected chi connectivity index (χ0v) is 15.2. The second-order valence-corrected chi connectivity index (χ2v) is 6.45. The van der Waals surface area contributed by atoms with Gasteiger partial charge in [-0.1, -0.05) is 17.7 Å². The van der Waals surface area contributed by atoms with Crippen LogP contribution in [0.5, 0.6) is 11.5 Å². The summed E-state index contributed by atoms with van der Waals surface area (Å²) in [6.45, 7) is 1.96.